The first kappa shape index (κ1) is 17.9. The van der Waals surface area contributed by atoms with Crippen LogP contribution in [0.1, 0.15) is 29.2 Å². The second kappa shape index (κ2) is 7.12. The summed E-state index contributed by atoms with van der Waals surface area (Å²) in [5.74, 6) is 0.149. The zero-order valence-electron chi connectivity index (χ0n) is 14.9. The first-order chi connectivity index (χ1) is 12.4. The third kappa shape index (κ3) is 3.52. The molecule has 0 saturated heterocycles. The second-order valence-corrected chi connectivity index (χ2v) is 6.36. The number of carbonyl (C=O) groups excluding carboxylic acids is 1. The number of aryl methyl sites for hydroxylation is 2. The highest BCUT2D eigenvalue weighted by Gasteiger charge is 2.16. The standard InChI is InChI=1S/C21H19FO4/c1-12(23)9-18-13(2)17-7-8-19(14(3)20(17)26-21(18)24)25-11-15-5-4-6-16(22)10-15/h4-8,10H,9,11H2,1-3H3. The van der Waals surface area contributed by atoms with E-state index in [1.807, 2.05) is 13.0 Å². The Morgan fingerprint density at radius 1 is 1.15 bits per heavy atom. The summed E-state index contributed by atoms with van der Waals surface area (Å²) in [5.41, 5.74) is 2.46. The highest BCUT2D eigenvalue weighted by Crippen LogP contribution is 2.30. The third-order valence-electron chi connectivity index (χ3n) is 4.36. The van der Waals surface area contributed by atoms with Gasteiger partial charge in [0.1, 0.15) is 29.5 Å². The minimum Gasteiger partial charge on any atom is -0.488 e. The van der Waals surface area contributed by atoms with Gasteiger partial charge in [0, 0.05) is 22.9 Å². The van der Waals surface area contributed by atoms with E-state index in [0.29, 0.717) is 28.0 Å². The summed E-state index contributed by atoms with van der Waals surface area (Å²) in [6, 6.07) is 9.79. The van der Waals surface area contributed by atoms with Gasteiger partial charge in [-0.15, -0.1) is 0 Å². The summed E-state index contributed by atoms with van der Waals surface area (Å²) in [6.45, 7) is 5.26. The molecular weight excluding hydrogens is 335 g/mol. The van der Waals surface area contributed by atoms with Crippen LogP contribution in [0.25, 0.3) is 11.0 Å². The number of Topliss-reactive ketones (excluding diaryl/α,β-unsaturated/α-hetero) is 1. The summed E-state index contributed by atoms with van der Waals surface area (Å²) in [6.07, 6.45) is 0.0565. The van der Waals surface area contributed by atoms with Crippen LogP contribution < -0.4 is 10.4 Å². The number of benzene rings is 2. The van der Waals surface area contributed by atoms with Crippen LogP contribution in [0, 0.1) is 19.7 Å². The molecule has 134 valence electrons. The lowest BCUT2D eigenvalue weighted by molar-refractivity contribution is -0.116. The molecule has 1 aromatic heterocycles. The van der Waals surface area contributed by atoms with Gasteiger partial charge in [-0.3, -0.25) is 4.79 Å². The van der Waals surface area contributed by atoms with Crippen LogP contribution in [0.4, 0.5) is 4.39 Å². The van der Waals surface area contributed by atoms with Crippen LogP contribution in [-0.2, 0) is 17.8 Å². The summed E-state index contributed by atoms with van der Waals surface area (Å²) >= 11 is 0. The van der Waals surface area contributed by atoms with E-state index in [1.165, 1.54) is 19.1 Å². The van der Waals surface area contributed by atoms with Gasteiger partial charge in [0.15, 0.2) is 0 Å². The molecule has 0 radical (unpaired) electrons. The van der Waals surface area contributed by atoms with Gasteiger partial charge in [0.25, 0.3) is 0 Å². The average Bonchev–Trinajstić information content (AvgIpc) is 2.58. The molecule has 0 saturated carbocycles. The van der Waals surface area contributed by atoms with Crippen LogP contribution in [0.15, 0.2) is 45.6 Å². The summed E-state index contributed by atoms with van der Waals surface area (Å²) in [4.78, 5) is 23.7. The summed E-state index contributed by atoms with van der Waals surface area (Å²) in [5, 5.41) is 0.774. The first-order valence-corrected chi connectivity index (χ1v) is 8.29. The van der Waals surface area contributed by atoms with E-state index in [-0.39, 0.29) is 24.6 Å². The molecule has 0 unspecified atom stereocenters. The van der Waals surface area contributed by atoms with Gasteiger partial charge in [0.2, 0.25) is 0 Å². The number of ketones is 1. The molecule has 0 N–H and O–H groups in total. The largest absolute Gasteiger partial charge is 0.488 e. The van der Waals surface area contributed by atoms with E-state index < -0.39 is 5.63 Å². The monoisotopic (exact) mass is 354 g/mol. The molecule has 0 amide bonds. The molecule has 0 aliphatic carbocycles. The molecule has 0 atom stereocenters. The maximum Gasteiger partial charge on any atom is 0.340 e. The van der Waals surface area contributed by atoms with Gasteiger partial charge in [-0.25, -0.2) is 9.18 Å². The number of halogens is 1. The summed E-state index contributed by atoms with van der Waals surface area (Å²) in [7, 11) is 0. The Balaban J connectivity index is 1.98. The van der Waals surface area contributed by atoms with Crippen molar-refractivity contribution < 1.29 is 18.3 Å². The fourth-order valence-electron chi connectivity index (χ4n) is 2.97. The van der Waals surface area contributed by atoms with Gasteiger partial charge in [-0.1, -0.05) is 12.1 Å². The predicted octanol–water partition coefficient (Wildman–Crippen LogP) is 4.26. The molecule has 0 spiro atoms. The molecule has 4 nitrogen and oxygen atoms in total. The first-order valence-electron chi connectivity index (χ1n) is 8.29. The maximum atomic E-state index is 13.3. The zero-order chi connectivity index (χ0) is 18.8. The van der Waals surface area contributed by atoms with Crippen molar-refractivity contribution in [1.82, 2.24) is 0 Å². The lowest BCUT2D eigenvalue weighted by atomic mass is 10.0. The molecule has 0 aliphatic heterocycles. The topological polar surface area (TPSA) is 56.5 Å². The molecule has 0 fully saturated rings. The van der Waals surface area contributed by atoms with E-state index in [9.17, 15) is 14.0 Å². The number of rotatable bonds is 5. The SMILES string of the molecule is CC(=O)Cc1c(C)c2ccc(OCc3cccc(F)c3)c(C)c2oc1=O. The molecule has 0 aliphatic rings. The lowest BCUT2D eigenvalue weighted by Crippen LogP contribution is -2.14. The zero-order valence-corrected chi connectivity index (χ0v) is 14.9. The Labute approximate surface area is 150 Å². The number of hydrogen-bond donors (Lipinski definition) is 0. The fraction of sp³-hybridized carbons (Fsp3) is 0.238. The molecule has 2 aromatic carbocycles. The molecule has 5 heteroatoms. The Kier molecular flexibility index (Phi) is 4.89. The predicted molar refractivity (Wildman–Crippen MR) is 97.1 cm³/mol. The Morgan fingerprint density at radius 2 is 1.92 bits per heavy atom. The van der Waals surface area contributed by atoms with Gasteiger partial charge < -0.3 is 9.15 Å². The van der Waals surface area contributed by atoms with E-state index in [2.05, 4.69) is 0 Å². The molecular formula is C21H19FO4. The average molecular weight is 354 g/mol. The number of fused-ring (bicyclic) bond motifs is 1. The van der Waals surface area contributed by atoms with Gasteiger partial charge in [-0.05, 0) is 56.2 Å². The van der Waals surface area contributed by atoms with Crippen molar-refractivity contribution in [3.05, 3.63) is 74.9 Å². The third-order valence-corrected chi connectivity index (χ3v) is 4.36. The summed E-state index contributed by atoms with van der Waals surface area (Å²) < 4.78 is 24.5. The minimum absolute atomic E-state index is 0.0565. The number of ether oxygens (including phenoxy) is 1. The van der Waals surface area contributed by atoms with Crippen molar-refractivity contribution in [2.45, 2.75) is 33.8 Å². The quantitative estimate of drug-likeness (QED) is 0.643. The molecule has 26 heavy (non-hydrogen) atoms. The van der Waals surface area contributed by atoms with Crippen LogP contribution in [0.5, 0.6) is 5.75 Å². The Morgan fingerprint density at radius 3 is 2.62 bits per heavy atom. The van der Waals surface area contributed by atoms with E-state index in [4.69, 9.17) is 9.15 Å². The van der Waals surface area contributed by atoms with Crippen LogP contribution in [0.3, 0.4) is 0 Å². The van der Waals surface area contributed by atoms with Gasteiger partial charge in [-0.2, -0.15) is 0 Å². The van der Waals surface area contributed by atoms with E-state index in [0.717, 1.165) is 10.9 Å². The maximum absolute atomic E-state index is 13.3. The van der Waals surface area contributed by atoms with E-state index >= 15 is 0 Å². The van der Waals surface area contributed by atoms with Crippen molar-refractivity contribution in [3.63, 3.8) is 0 Å². The lowest BCUT2D eigenvalue weighted by Gasteiger charge is -2.13. The van der Waals surface area contributed by atoms with Crippen molar-refractivity contribution in [2.24, 2.45) is 0 Å². The molecule has 3 rings (SSSR count). The van der Waals surface area contributed by atoms with Gasteiger partial charge >= 0.3 is 5.63 Å². The van der Waals surface area contributed by atoms with Gasteiger partial charge in [0.05, 0.1) is 0 Å². The molecule has 1 heterocycles. The molecule has 0 bridgehead atoms. The smallest absolute Gasteiger partial charge is 0.340 e. The number of hydrogen-bond acceptors (Lipinski definition) is 4. The number of carbonyl (C=O) groups is 1. The Hall–Kier alpha value is -2.95. The highest BCUT2D eigenvalue weighted by molar-refractivity contribution is 5.87. The van der Waals surface area contributed by atoms with Crippen molar-refractivity contribution in [3.8, 4) is 5.75 Å². The highest BCUT2D eigenvalue weighted by atomic mass is 19.1. The fourth-order valence-corrected chi connectivity index (χ4v) is 2.97. The minimum atomic E-state index is -0.504. The van der Waals surface area contributed by atoms with Crippen molar-refractivity contribution in [1.29, 1.82) is 0 Å². The van der Waals surface area contributed by atoms with Crippen molar-refractivity contribution in [2.75, 3.05) is 0 Å². The van der Waals surface area contributed by atoms with Crippen LogP contribution in [-0.4, -0.2) is 5.78 Å². The second-order valence-electron chi connectivity index (χ2n) is 6.36. The van der Waals surface area contributed by atoms with Crippen LogP contribution in [0.2, 0.25) is 0 Å². The van der Waals surface area contributed by atoms with Crippen molar-refractivity contribution >= 4 is 16.8 Å². The normalized spacial score (nSPS) is 10.9. The van der Waals surface area contributed by atoms with Crippen LogP contribution >= 0.6 is 0 Å². The Bertz CT molecular complexity index is 1050. The van der Waals surface area contributed by atoms with E-state index in [1.54, 1.807) is 25.1 Å². The molecule has 3 aromatic rings.